The summed E-state index contributed by atoms with van der Waals surface area (Å²) in [6.07, 6.45) is 2.15. The number of allylic oxidation sites excluding steroid dienone is 1. The molecule has 0 N–H and O–H groups in total. The minimum absolute atomic E-state index is 1.39. The third-order valence-corrected chi connectivity index (χ3v) is 19.0. The Morgan fingerprint density at radius 3 is 1.60 bits per heavy atom. The van der Waals surface area contributed by atoms with E-state index in [1.54, 1.807) is 0 Å². The maximum atomic E-state index is 3.84. The standard InChI is InChI=1S/C3H5.3C2H5.Sn/c1-3-2;3*1-2;/h3H,1-2H2;3*1H2,2H3;. The Morgan fingerprint density at radius 1 is 1.10 bits per heavy atom. The second-order valence-corrected chi connectivity index (χ2v) is 18.8. The first-order valence-corrected chi connectivity index (χ1v) is 12.4. The predicted octanol–water partition coefficient (Wildman–Crippen LogP) is 3.68. The van der Waals surface area contributed by atoms with Crippen LogP contribution >= 0.6 is 0 Å². The average Bonchev–Trinajstić information content (AvgIpc) is 2.01. The number of rotatable bonds is 5. The molecule has 0 rings (SSSR count). The van der Waals surface area contributed by atoms with Gasteiger partial charge in [-0.2, -0.15) is 0 Å². The SMILES string of the molecule is C=C[CH2][Sn]([CH2]C)([CH2]C)[CH2]C. The van der Waals surface area contributed by atoms with Gasteiger partial charge in [0, 0.05) is 0 Å². The van der Waals surface area contributed by atoms with Crippen LogP contribution in [0, 0.1) is 0 Å². The van der Waals surface area contributed by atoms with E-state index in [0.717, 1.165) is 0 Å². The third kappa shape index (κ3) is 2.65. The van der Waals surface area contributed by atoms with Gasteiger partial charge in [-0.3, -0.25) is 0 Å². The first kappa shape index (κ1) is 10.5. The first-order valence-electron chi connectivity index (χ1n) is 4.35. The van der Waals surface area contributed by atoms with Gasteiger partial charge in [-0.1, -0.05) is 0 Å². The molecule has 0 aliphatic rings. The van der Waals surface area contributed by atoms with Crippen molar-refractivity contribution in [2.45, 2.75) is 38.5 Å². The van der Waals surface area contributed by atoms with Gasteiger partial charge in [0.25, 0.3) is 0 Å². The van der Waals surface area contributed by atoms with Crippen molar-refractivity contribution >= 4 is 18.4 Å². The second kappa shape index (κ2) is 5.22. The van der Waals surface area contributed by atoms with Crippen molar-refractivity contribution in [3.05, 3.63) is 12.7 Å². The molecule has 0 saturated heterocycles. The summed E-state index contributed by atoms with van der Waals surface area (Å²) >= 11 is -1.55. The van der Waals surface area contributed by atoms with Crippen molar-refractivity contribution in [1.29, 1.82) is 0 Å². The number of hydrogen-bond donors (Lipinski definition) is 0. The Labute approximate surface area is 69.6 Å². The molecule has 0 radical (unpaired) electrons. The summed E-state index contributed by atoms with van der Waals surface area (Å²) in [5.41, 5.74) is 0. The van der Waals surface area contributed by atoms with Crippen LogP contribution in [-0.2, 0) is 0 Å². The Kier molecular flexibility index (Phi) is 5.50. The molecule has 0 heterocycles. The molecule has 0 unspecified atom stereocenters. The normalized spacial score (nSPS) is 11.5. The van der Waals surface area contributed by atoms with E-state index in [9.17, 15) is 0 Å². The van der Waals surface area contributed by atoms with Crippen LogP contribution in [0.5, 0.6) is 0 Å². The molecule has 0 bridgehead atoms. The van der Waals surface area contributed by atoms with Crippen molar-refractivity contribution in [3.8, 4) is 0 Å². The van der Waals surface area contributed by atoms with Crippen LogP contribution in [0.15, 0.2) is 12.7 Å². The second-order valence-electron chi connectivity index (χ2n) is 3.05. The molecule has 0 spiro atoms. The molecule has 0 aromatic rings. The molecule has 0 amide bonds. The summed E-state index contributed by atoms with van der Waals surface area (Å²) in [5, 5.41) is 0. The van der Waals surface area contributed by atoms with E-state index in [0.29, 0.717) is 0 Å². The van der Waals surface area contributed by atoms with Crippen LogP contribution in [0.4, 0.5) is 0 Å². The molecule has 0 nitrogen and oxygen atoms in total. The summed E-state index contributed by atoms with van der Waals surface area (Å²) < 4.78 is 5.87. The van der Waals surface area contributed by atoms with E-state index in [1.807, 2.05) is 0 Å². The quantitative estimate of drug-likeness (QED) is 0.513. The van der Waals surface area contributed by atoms with Crippen LogP contribution in [0.25, 0.3) is 0 Å². The van der Waals surface area contributed by atoms with E-state index in [4.69, 9.17) is 0 Å². The van der Waals surface area contributed by atoms with E-state index in [-0.39, 0.29) is 0 Å². The van der Waals surface area contributed by atoms with Crippen molar-refractivity contribution in [1.82, 2.24) is 0 Å². The summed E-state index contributed by atoms with van der Waals surface area (Å²) in [6, 6.07) is 0. The molecule has 0 atom stereocenters. The van der Waals surface area contributed by atoms with Crippen molar-refractivity contribution < 1.29 is 0 Å². The van der Waals surface area contributed by atoms with Gasteiger partial charge in [0.1, 0.15) is 0 Å². The van der Waals surface area contributed by atoms with Crippen LogP contribution in [-0.4, -0.2) is 18.4 Å². The van der Waals surface area contributed by atoms with Crippen LogP contribution < -0.4 is 0 Å². The fraction of sp³-hybridized carbons (Fsp3) is 0.778. The van der Waals surface area contributed by atoms with E-state index in [2.05, 4.69) is 33.4 Å². The zero-order valence-electron chi connectivity index (χ0n) is 7.61. The Bertz CT molecular complexity index is 84.6. The van der Waals surface area contributed by atoms with Crippen LogP contribution in [0.2, 0.25) is 17.7 Å². The van der Waals surface area contributed by atoms with E-state index < -0.39 is 18.4 Å². The molecule has 0 aromatic carbocycles. The summed E-state index contributed by atoms with van der Waals surface area (Å²) in [6.45, 7) is 10.9. The van der Waals surface area contributed by atoms with E-state index >= 15 is 0 Å². The molecule has 60 valence electrons. The predicted molar refractivity (Wildman–Crippen MR) is 52.2 cm³/mol. The van der Waals surface area contributed by atoms with E-state index in [1.165, 1.54) is 17.7 Å². The topological polar surface area (TPSA) is 0 Å². The molecule has 0 aliphatic heterocycles. The number of hydrogen-bond acceptors (Lipinski definition) is 0. The van der Waals surface area contributed by atoms with Gasteiger partial charge in [-0.05, 0) is 0 Å². The Balaban J connectivity index is 4.00. The molecule has 0 aromatic heterocycles. The fourth-order valence-electron chi connectivity index (χ4n) is 1.49. The zero-order chi connectivity index (χ0) is 8.04. The van der Waals surface area contributed by atoms with Gasteiger partial charge < -0.3 is 0 Å². The third-order valence-electron chi connectivity index (χ3n) is 2.83. The summed E-state index contributed by atoms with van der Waals surface area (Å²) in [4.78, 5) is 0. The average molecular weight is 247 g/mol. The molecular formula is C9H20Sn. The van der Waals surface area contributed by atoms with Gasteiger partial charge in [-0.15, -0.1) is 0 Å². The molecule has 0 saturated carbocycles. The maximum absolute atomic E-state index is 3.84. The fourth-order valence-corrected chi connectivity index (χ4v) is 9.99. The van der Waals surface area contributed by atoms with Crippen molar-refractivity contribution in [3.63, 3.8) is 0 Å². The van der Waals surface area contributed by atoms with Gasteiger partial charge >= 0.3 is 69.6 Å². The Hall–Kier alpha value is 0.539. The zero-order valence-corrected chi connectivity index (χ0v) is 10.5. The van der Waals surface area contributed by atoms with Gasteiger partial charge in [0.05, 0.1) is 0 Å². The molecule has 10 heavy (non-hydrogen) atoms. The summed E-state index contributed by atoms with van der Waals surface area (Å²) in [5.74, 6) is 0. The first-order chi connectivity index (χ1) is 4.74. The Morgan fingerprint density at radius 2 is 1.50 bits per heavy atom. The van der Waals surface area contributed by atoms with Crippen LogP contribution in [0.3, 0.4) is 0 Å². The van der Waals surface area contributed by atoms with Gasteiger partial charge in [-0.25, -0.2) is 0 Å². The van der Waals surface area contributed by atoms with Crippen molar-refractivity contribution in [2.75, 3.05) is 0 Å². The minimum atomic E-state index is -1.55. The molecule has 1 heteroatoms. The van der Waals surface area contributed by atoms with Gasteiger partial charge in [0.2, 0.25) is 0 Å². The monoisotopic (exact) mass is 248 g/mol. The molecule has 0 fully saturated rings. The van der Waals surface area contributed by atoms with Crippen LogP contribution in [0.1, 0.15) is 20.8 Å². The molecular weight excluding hydrogens is 227 g/mol. The van der Waals surface area contributed by atoms with Crippen molar-refractivity contribution in [2.24, 2.45) is 0 Å². The summed E-state index contributed by atoms with van der Waals surface area (Å²) in [7, 11) is 0. The molecule has 0 aliphatic carbocycles. The van der Waals surface area contributed by atoms with Gasteiger partial charge in [0.15, 0.2) is 0 Å².